The molecule has 0 aliphatic rings. The summed E-state index contributed by atoms with van der Waals surface area (Å²) < 4.78 is 0. The first kappa shape index (κ1) is 13.2. The van der Waals surface area contributed by atoms with Gasteiger partial charge in [-0.05, 0) is 26.0 Å². The molecule has 4 nitrogen and oxygen atoms in total. The molecule has 1 unspecified atom stereocenters. The topological polar surface area (TPSA) is 62.2 Å². The van der Waals surface area contributed by atoms with Crippen molar-refractivity contribution in [3.8, 4) is 0 Å². The predicted molar refractivity (Wildman–Crippen MR) is 73.4 cm³/mol. The minimum Gasteiger partial charge on any atom is -0.477 e. The Morgan fingerprint density at radius 3 is 2.89 bits per heavy atom. The monoisotopic (exact) mass is 282 g/mol. The molecule has 2 heterocycles. The zero-order valence-corrected chi connectivity index (χ0v) is 11.8. The molecule has 0 aliphatic heterocycles. The summed E-state index contributed by atoms with van der Waals surface area (Å²) in [6.07, 6.45) is 0. The lowest BCUT2D eigenvalue weighted by Crippen LogP contribution is -2.17. The molecule has 0 saturated heterocycles. The fourth-order valence-corrected chi connectivity index (χ4v) is 3.13. The summed E-state index contributed by atoms with van der Waals surface area (Å²) in [7, 11) is 0. The Kier molecular flexibility index (Phi) is 4.11. The number of carboxylic acid groups (broad SMARTS) is 1. The molecule has 0 aromatic carbocycles. The fourth-order valence-electron chi connectivity index (χ4n) is 1.50. The van der Waals surface area contributed by atoms with E-state index in [4.69, 9.17) is 5.11 Å². The van der Waals surface area contributed by atoms with E-state index in [0.29, 0.717) is 11.4 Å². The number of rotatable bonds is 5. The van der Waals surface area contributed by atoms with Crippen molar-refractivity contribution in [2.45, 2.75) is 26.4 Å². The van der Waals surface area contributed by atoms with Crippen molar-refractivity contribution in [3.63, 3.8) is 0 Å². The fraction of sp³-hybridized carbons (Fsp3) is 0.333. The minimum atomic E-state index is -0.866. The van der Waals surface area contributed by atoms with E-state index in [2.05, 4.69) is 17.2 Å². The molecule has 0 amide bonds. The number of carbonyl (C=O) groups is 1. The van der Waals surface area contributed by atoms with Crippen LogP contribution < -0.4 is 5.32 Å². The summed E-state index contributed by atoms with van der Waals surface area (Å²) in [4.78, 5) is 16.6. The summed E-state index contributed by atoms with van der Waals surface area (Å²) in [5.74, 6) is -0.866. The third-order valence-electron chi connectivity index (χ3n) is 2.46. The number of aryl methyl sites for hydroxylation is 1. The molecule has 18 heavy (non-hydrogen) atoms. The molecular weight excluding hydrogens is 268 g/mol. The number of carboxylic acids is 1. The van der Waals surface area contributed by atoms with Crippen LogP contribution in [-0.4, -0.2) is 16.1 Å². The highest BCUT2D eigenvalue weighted by Crippen LogP contribution is 2.20. The molecule has 2 aromatic heterocycles. The molecule has 1 atom stereocenters. The van der Waals surface area contributed by atoms with Crippen LogP contribution >= 0.6 is 22.7 Å². The van der Waals surface area contributed by atoms with Crippen LogP contribution in [0.15, 0.2) is 17.5 Å². The van der Waals surface area contributed by atoms with Crippen LogP contribution in [0.1, 0.15) is 38.2 Å². The number of thiophene rings is 1. The quantitative estimate of drug-likeness (QED) is 0.884. The summed E-state index contributed by atoms with van der Waals surface area (Å²) >= 11 is 2.94. The van der Waals surface area contributed by atoms with Crippen LogP contribution in [0.3, 0.4) is 0 Å². The smallest absolute Gasteiger partial charge is 0.345 e. The molecule has 96 valence electrons. The van der Waals surface area contributed by atoms with E-state index in [1.165, 1.54) is 11.3 Å². The number of nitrogens with one attached hydrogen (secondary N) is 1. The molecule has 2 aromatic rings. The van der Waals surface area contributed by atoms with Gasteiger partial charge in [-0.15, -0.1) is 22.7 Å². The van der Waals surface area contributed by atoms with E-state index in [0.717, 1.165) is 15.6 Å². The average Bonchev–Trinajstić information content (AvgIpc) is 2.94. The van der Waals surface area contributed by atoms with Crippen molar-refractivity contribution in [2.75, 3.05) is 0 Å². The Balaban J connectivity index is 1.92. The first-order valence-corrected chi connectivity index (χ1v) is 7.23. The SMILES string of the molecule is Cc1csc(C(C)NCc2ccc(C(=O)O)s2)n1. The van der Waals surface area contributed by atoms with Crippen LogP contribution in [0.25, 0.3) is 0 Å². The zero-order valence-electron chi connectivity index (χ0n) is 10.1. The van der Waals surface area contributed by atoms with Gasteiger partial charge in [0.15, 0.2) is 0 Å². The Bertz CT molecular complexity index is 548. The van der Waals surface area contributed by atoms with Gasteiger partial charge in [-0.2, -0.15) is 0 Å². The maximum absolute atomic E-state index is 10.8. The normalized spacial score (nSPS) is 12.6. The Morgan fingerprint density at radius 1 is 1.56 bits per heavy atom. The maximum atomic E-state index is 10.8. The number of hydrogen-bond donors (Lipinski definition) is 2. The molecular formula is C12H14N2O2S2. The first-order valence-electron chi connectivity index (χ1n) is 5.53. The number of nitrogens with zero attached hydrogens (tertiary/aromatic N) is 1. The van der Waals surface area contributed by atoms with E-state index in [1.54, 1.807) is 17.4 Å². The highest BCUT2D eigenvalue weighted by atomic mass is 32.1. The Labute approximate surface area is 113 Å². The standard InChI is InChI=1S/C12H14N2O2S2/c1-7-6-17-11(14-7)8(2)13-5-9-3-4-10(18-9)12(15)16/h3-4,6,8,13H,5H2,1-2H3,(H,15,16). The Hall–Kier alpha value is -1.24. The third-order valence-corrected chi connectivity index (χ3v) is 4.68. The molecule has 2 rings (SSSR count). The second-order valence-electron chi connectivity index (χ2n) is 4.00. The lowest BCUT2D eigenvalue weighted by Gasteiger charge is -2.09. The number of hydrogen-bond acceptors (Lipinski definition) is 5. The Morgan fingerprint density at radius 2 is 2.33 bits per heavy atom. The van der Waals surface area contributed by atoms with Crippen LogP contribution in [-0.2, 0) is 6.54 Å². The van der Waals surface area contributed by atoms with Gasteiger partial charge in [0.2, 0.25) is 0 Å². The summed E-state index contributed by atoms with van der Waals surface area (Å²) in [5.41, 5.74) is 1.04. The van der Waals surface area contributed by atoms with Crippen LogP contribution in [0, 0.1) is 6.92 Å². The molecule has 0 saturated carbocycles. The van der Waals surface area contributed by atoms with Gasteiger partial charge < -0.3 is 10.4 Å². The van der Waals surface area contributed by atoms with Gasteiger partial charge in [0.25, 0.3) is 0 Å². The van der Waals surface area contributed by atoms with Crippen molar-refractivity contribution < 1.29 is 9.90 Å². The maximum Gasteiger partial charge on any atom is 0.345 e. The molecule has 6 heteroatoms. The van der Waals surface area contributed by atoms with E-state index in [1.807, 2.05) is 18.4 Å². The van der Waals surface area contributed by atoms with Crippen LogP contribution in [0.5, 0.6) is 0 Å². The van der Waals surface area contributed by atoms with Gasteiger partial charge in [0.05, 0.1) is 6.04 Å². The molecule has 0 bridgehead atoms. The van der Waals surface area contributed by atoms with Crippen LogP contribution in [0.2, 0.25) is 0 Å². The zero-order chi connectivity index (χ0) is 13.1. The average molecular weight is 282 g/mol. The summed E-state index contributed by atoms with van der Waals surface area (Å²) in [5, 5.41) is 15.3. The van der Waals surface area contributed by atoms with Gasteiger partial charge >= 0.3 is 5.97 Å². The van der Waals surface area contributed by atoms with Crippen molar-refractivity contribution in [2.24, 2.45) is 0 Å². The van der Waals surface area contributed by atoms with E-state index in [9.17, 15) is 4.79 Å². The van der Waals surface area contributed by atoms with Gasteiger partial charge in [-0.1, -0.05) is 0 Å². The molecule has 0 radical (unpaired) electrons. The van der Waals surface area contributed by atoms with Gasteiger partial charge in [-0.25, -0.2) is 9.78 Å². The second kappa shape index (κ2) is 5.60. The second-order valence-corrected chi connectivity index (χ2v) is 6.06. The first-order chi connectivity index (χ1) is 8.56. The van der Waals surface area contributed by atoms with Gasteiger partial charge in [0, 0.05) is 22.5 Å². The van der Waals surface area contributed by atoms with Crippen molar-refractivity contribution in [3.05, 3.63) is 38.0 Å². The van der Waals surface area contributed by atoms with Gasteiger partial charge in [0.1, 0.15) is 9.88 Å². The van der Waals surface area contributed by atoms with E-state index < -0.39 is 5.97 Å². The predicted octanol–water partition coefficient (Wildman–Crippen LogP) is 3.06. The number of aromatic nitrogens is 1. The van der Waals surface area contributed by atoms with E-state index >= 15 is 0 Å². The van der Waals surface area contributed by atoms with Crippen molar-refractivity contribution in [1.82, 2.24) is 10.3 Å². The number of aromatic carboxylic acids is 1. The third kappa shape index (κ3) is 3.16. The summed E-state index contributed by atoms with van der Waals surface area (Å²) in [6, 6.07) is 3.67. The molecule has 0 fully saturated rings. The number of thiazole rings is 1. The van der Waals surface area contributed by atoms with Crippen molar-refractivity contribution in [1.29, 1.82) is 0 Å². The minimum absolute atomic E-state index is 0.180. The summed E-state index contributed by atoms with van der Waals surface area (Å²) in [6.45, 7) is 4.70. The van der Waals surface area contributed by atoms with Crippen molar-refractivity contribution >= 4 is 28.6 Å². The molecule has 0 aliphatic carbocycles. The molecule has 2 N–H and O–H groups in total. The lowest BCUT2D eigenvalue weighted by molar-refractivity contribution is 0.0702. The van der Waals surface area contributed by atoms with Gasteiger partial charge in [-0.3, -0.25) is 0 Å². The largest absolute Gasteiger partial charge is 0.477 e. The van der Waals surface area contributed by atoms with Crippen LogP contribution in [0.4, 0.5) is 0 Å². The van der Waals surface area contributed by atoms with E-state index in [-0.39, 0.29) is 6.04 Å². The lowest BCUT2D eigenvalue weighted by atomic mass is 10.3. The highest BCUT2D eigenvalue weighted by Gasteiger charge is 2.11. The highest BCUT2D eigenvalue weighted by molar-refractivity contribution is 7.13. The molecule has 0 spiro atoms.